The summed E-state index contributed by atoms with van der Waals surface area (Å²) in [4.78, 5) is 34.7. The molecule has 0 aromatic heterocycles. The number of hydrogen-bond donors (Lipinski definition) is 2. The van der Waals surface area contributed by atoms with E-state index in [2.05, 4.69) is 10.6 Å². The number of anilines is 1. The maximum Gasteiger partial charge on any atom is 0.272 e. The van der Waals surface area contributed by atoms with Crippen LogP contribution in [0.25, 0.3) is 10.8 Å². The van der Waals surface area contributed by atoms with Crippen LogP contribution in [-0.2, 0) is 4.79 Å². The van der Waals surface area contributed by atoms with E-state index in [4.69, 9.17) is 0 Å². The summed E-state index contributed by atoms with van der Waals surface area (Å²) < 4.78 is 0. The molecule has 0 bridgehead atoms. The van der Waals surface area contributed by atoms with Crippen molar-refractivity contribution in [1.29, 1.82) is 0 Å². The third-order valence-electron chi connectivity index (χ3n) is 4.13. The maximum absolute atomic E-state index is 12.2. The zero-order valence-electron chi connectivity index (χ0n) is 14.6. The molecule has 2 N–H and O–H groups in total. The van der Waals surface area contributed by atoms with Crippen LogP contribution in [0.2, 0.25) is 0 Å². The Kier molecular flexibility index (Phi) is 5.12. The van der Waals surface area contributed by atoms with Crippen molar-refractivity contribution >= 4 is 34.0 Å². The van der Waals surface area contributed by atoms with Crippen molar-refractivity contribution < 1.29 is 14.5 Å². The molecule has 0 fully saturated rings. The number of benzene rings is 3. The van der Waals surface area contributed by atoms with Gasteiger partial charge in [0.1, 0.15) is 0 Å². The molecular formula is C20H17N3O4. The van der Waals surface area contributed by atoms with E-state index in [1.165, 1.54) is 18.2 Å². The molecule has 0 saturated heterocycles. The molecule has 0 aliphatic carbocycles. The SMILES string of the molecule is Cc1cc(C(=O)NCC(=O)Nc2cccc3ccccc23)ccc1[N+](=O)[O-]. The van der Waals surface area contributed by atoms with Crippen molar-refractivity contribution in [1.82, 2.24) is 5.32 Å². The fourth-order valence-corrected chi connectivity index (χ4v) is 2.79. The smallest absolute Gasteiger partial charge is 0.272 e. The third-order valence-corrected chi connectivity index (χ3v) is 4.13. The topological polar surface area (TPSA) is 101 Å². The van der Waals surface area contributed by atoms with Crippen LogP contribution >= 0.6 is 0 Å². The Morgan fingerprint density at radius 3 is 2.52 bits per heavy atom. The first kappa shape index (κ1) is 18.1. The minimum absolute atomic E-state index is 0.0553. The molecule has 0 saturated carbocycles. The fraction of sp³-hybridized carbons (Fsp3) is 0.100. The Balaban J connectivity index is 1.64. The highest BCUT2D eigenvalue weighted by atomic mass is 16.6. The van der Waals surface area contributed by atoms with E-state index in [9.17, 15) is 19.7 Å². The third kappa shape index (κ3) is 4.09. The number of fused-ring (bicyclic) bond motifs is 1. The van der Waals surface area contributed by atoms with Gasteiger partial charge in [0.25, 0.3) is 11.6 Å². The average Bonchev–Trinajstić information content (AvgIpc) is 2.66. The molecule has 27 heavy (non-hydrogen) atoms. The van der Waals surface area contributed by atoms with Crippen molar-refractivity contribution in [3.05, 3.63) is 81.9 Å². The number of carbonyl (C=O) groups excluding carboxylic acids is 2. The highest BCUT2D eigenvalue weighted by Crippen LogP contribution is 2.22. The number of amides is 2. The predicted molar refractivity (Wildman–Crippen MR) is 103 cm³/mol. The minimum atomic E-state index is -0.505. The van der Waals surface area contributed by atoms with Crippen molar-refractivity contribution in [2.24, 2.45) is 0 Å². The van der Waals surface area contributed by atoms with Crippen LogP contribution < -0.4 is 10.6 Å². The Morgan fingerprint density at radius 1 is 1.04 bits per heavy atom. The van der Waals surface area contributed by atoms with Crippen molar-refractivity contribution in [3.63, 3.8) is 0 Å². The normalized spacial score (nSPS) is 10.4. The van der Waals surface area contributed by atoms with E-state index < -0.39 is 10.8 Å². The summed E-state index contributed by atoms with van der Waals surface area (Å²) in [5.41, 5.74) is 1.25. The molecule has 7 nitrogen and oxygen atoms in total. The number of nitrogens with one attached hydrogen (secondary N) is 2. The molecule has 3 aromatic rings. The zero-order valence-corrected chi connectivity index (χ0v) is 14.6. The summed E-state index contributed by atoms with van der Waals surface area (Å²) in [6.07, 6.45) is 0. The maximum atomic E-state index is 12.2. The van der Waals surface area contributed by atoms with Crippen molar-refractivity contribution in [3.8, 4) is 0 Å². The number of nitro groups is 1. The lowest BCUT2D eigenvalue weighted by atomic mass is 10.1. The van der Waals surface area contributed by atoms with Gasteiger partial charge in [0, 0.05) is 28.3 Å². The molecule has 0 atom stereocenters. The van der Waals surface area contributed by atoms with E-state index >= 15 is 0 Å². The Hall–Kier alpha value is -3.74. The summed E-state index contributed by atoms with van der Waals surface area (Å²) in [6, 6.07) is 17.3. The van der Waals surface area contributed by atoms with Gasteiger partial charge in [0.2, 0.25) is 5.91 Å². The van der Waals surface area contributed by atoms with Crippen LogP contribution in [0, 0.1) is 17.0 Å². The lowest BCUT2D eigenvalue weighted by Crippen LogP contribution is -2.32. The summed E-state index contributed by atoms with van der Waals surface area (Å²) >= 11 is 0. The van der Waals surface area contributed by atoms with E-state index in [-0.39, 0.29) is 23.7 Å². The van der Waals surface area contributed by atoms with Gasteiger partial charge in [-0.05, 0) is 30.5 Å². The first-order chi connectivity index (χ1) is 13.0. The zero-order chi connectivity index (χ0) is 19.4. The monoisotopic (exact) mass is 363 g/mol. The lowest BCUT2D eigenvalue weighted by molar-refractivity contribution is -0.385. The Morgan fingerprint density at radius 2 is 1.78 bits per heavy atom. The number of carbonyl (C=O) groups is 2. The van der Waals surface area contributed by atoms with Gasteiger partial charge in [-0.2, -0.15) is 0 Å². The van der Waals surface area contributed by atoms with Gasteiger partial charge in [0.05, 0.1) is 11.5 Å². The van der Waals surface area contributed by atoms with E-state index in [1.54, 1.807) is 13.0 Å². The Labute approximate surface area is 155 Å². The van der Waals surface area contributed by atoms with E-state index in [0.717, 1.165) is 10.8 Å². The van der Waals surface area contributed by atoms with Gasteiger partial charge in [0.15, 0.2) is 0 Å². The second-order valence-electron chi connectivity index (χ2n) is 6.02. The predicted octanol–water partition coefficient (Wildman–Crippen LogP) is 3.42. The second-order valence-corrected chi connectivity index (χ2v) is 6.02. The summed E-state index contributed by atoms with van der Waals surface area (Å²) in [7, 11) is 0. The standard InChI is InChI=1S/C20H17N3O4/c1-13-11-15(9-10-18(13)23(26)27)20(25)21-12-19(24)22-17-8-4-6-14-5-2-3-7-16(14)17/h2-11H,12H2,1H3,(H,21,25)(H,22,24). The molecule has 2 amide bonds. The summed E-state index contributed by atoms with van der Waals surface area (Å²) in [5.74, 6) is -0.834. The van der Waals surface area contributed by atoms with Crippen LogP contribution in [-0.4, -0.2) is 23.3 Å². The van der Waals surface area contributed by atoms with E-state index in [0.29, 0.717) is 11.3 Å². The highest BCUT2D eigenvalue weighted by Gasteiger charge is 2.14. The highest BCUT2D eigenvalue weighted by molar-refractivity contribution is 6.04. The number of nitro benzene ring substituents is 1. The first-order valence-corrected chi connectivity index (χ1v) is 8.26. The number of nitrogens with zero attached hydrogens (tertiary/aromatic N) is 1. The van der Waals surface area contributed by atoms with Crippen LogP contribution in [0.15, 0.2) is 60.7 Å². The van der Waals surface area contributed by atoms with Crippen LogP contribution in [0.4, 0.5) is 11.4 Å². The van der Waals surface area contributed by atoms with Crippen LogP contribution in [0.5, 0.6) is 0 Å². The van der Waals surface area contributed by atoms with Crippen LogP contribution in [0.3, 0.4) is 0 Å². The van der Waals surface area contributed by atoms with E-state index in [1.807, 2.05) is 36.4 Å². The molecule has 0 heterocycles. The average molecular weight is 363 g/mol. The quantitative estimate of drug-likeness (QED) is 0.535. The van der Waals surface area contributed by atoms with Gasteiger partial charge < -0.3 is 10.6 Å². The molecule has 3 rings (SSSR count). The van der Waals surface area contributed by atoms with Crippen molar-refractivity contribution in [2.45, 2.75) is 6.92 Å². The molecule has 0 spiro atoms. The number of rotatable bonds is 5. The molecule has 0 aliphatic rings. The molecule has 0 radical (unpaired) electrons. The van der Waals surface area contributed by atoms with Gasteiger partial charge in [-0.3, -0.25) is 19.7 Å². The van der Waals surface area contributed by atoms with Crippen LogP contribution in [0.1, 0.15) is 15.9 Å². The van der Waals surface area contributed by atoms with Gasteiger partial charge in [-0.1, -0.05) is 36.4 Å². The second kappa shape index (κ2) is 7.65. The van der Waals surface area contributed by atoms with Gasteiger partial charge in [-0.15, -0.1) is 0 Å². The molecule has 3 aromatic carbocycles. The minimum Gasteiger partial charge on any atom is -0.343 e. The summed E-state index contributed by atoms with van der Waals surface area (Å²) in [5, 5.41) is 18.1. The summed E-state index contributed by atoms with van der Waals surface area (Å²) in [6.45, 7) is 1.35. The first-order valence-electron chi connectivity index (χ1n) is 8.26. The van der Waals surface area contributed by atoms with Gasteiger partial charge in [-0.25, -0.2) is 0 Å². The number of aryl methyl sites for hydroxylation is 1. The molecule has 136 valence electrons. The Bertz CT molecular complexity index is 1040. The largest absolute Gasteiger partial charge is 0.343 e. The fourth-order valence-electron chi connectivity index (χ4n) is 2.79. The number of hydrogen-bond acceptors (Lipinski definition) is 4. The molecule has 0 unspecified atom stereocenters. The van der Waals surface area contributed by atoms with Crippen molar-refractivity contribution in [2.75, 3.05) is 11.9 Å². The molecule has 0 aliphatic heterocycles. The lowest BCUT2D eigenvalue weighted by Gasteiger charge is -2.10. The van der Waals surface area contributed by atoms with Gasteiger partial charge >= 0.3 is 0 Å². The molecule has 7 heteroatoms. The molecular weight excluding hydrogens is 346 g/mol.